The maximum atomic E-state index is 12.7. The summed E-state index contributed by atoms with van der Waals surface area (Å²) in [4.78, 5) is 37.4. The summed E-state index contributed by atoms with van der Waals surface area (Å²) in [6, 6.07) is 5.46. The molecule has 2 aliphatic heterocycles. The first-order valence-corrected chi connectivity index (χ1v) is 8.14. The highest BCUT2D eigenvalue weighted by Gasteiger charge is 2.30. The predicted molar refractivity (Wildman–Crippen MR) is 96.9 cm³/mol. The van der Waals surface area contributed by atoms with Crippen LogP contribution in [0.4, 0.5) is 5.69 Å². The van der Waals surface area contributed by atoms with Gasteiger partial charge in [-0.15, -0.1) is 0 Å². The second kappa shape index (κ2) is 6.43. The first-order chi connectivity index (χ1) is 12.6. The summed E-state index contributed by atoms with van der Waals surface area (Å²) in [7, 11) is 0. The van der Waals surface area contributed by atoms with Crippen LogP contribution in [0.3, 0.4) is 0 Å². The Morgan fingerprint density at radius 3 is 3.08 bits per heavy atom. The van der Waals surface area contributed by atoms with Crippen LogP contribution in [0.25, 0.3) is 0 Å². The summed E-state index contributed by atoms with van der Waals surface area (Å²) in [5.74, 6) is 0.485. The molecule has 0 aromatic carbocycles. The number of hydrazine groups is 1. The number of rotatable bonds is 4. The van der Waals surface area contributed by atoms with Gasteiger partial charge in [0.25, 0.3) is 5.56 Å². The Balaban J connectivity index is 1.48. The van der Waals surface area contributed by atoms with E-state index in [2.05, 4.69) is 25.7 Å². The summed E-state index contributed by atoms with van der Waals surface area (Å²) in [5, 5.41) is 4.52. The number of nitrogens with zero attached hydrogens (tertiary/aromatic N) is 5. The van der Waals surface area contributed by atoms with Gasteiger partial charge in [0, 0.05) is 31.3 Å². The maximum Gasteiger partial charge on any atom is 0.262 e. The molecule has 0 spiro atoms. The van der Waals surface area contributed by atoms with E-state index in [-0.39, 0.29) is 24.3 Å². The topological polar surface area (TPSA) is 104 Å². The van der Waals surface area contributed by atoms with Gasteiger partial charge in [-0.1, -0.05) is 6.07 Å². The molecule has 0 saturated heterocycles. The molecule has 1 atom stereocenters. The van der Waals surface area contributed by atoms with Gasteiger partial charge in [0.15, 0.2) is 0 Å². The third-order valence-electron chi connectivity index (χ3n) is 4.12. The SMILES string of the molecule is CC1=NC2N=Cc3c(ccn(CC(=O)NCc4cccnc4)c3=O)N2N1. The van der Waals surface area contributed by atoms with Gasteiger partial charge in [-0.2, -0.15) is 0 Å². The van der Waals surface area contributed by atoms with E-state index in [1.807, 2.05) is 13.0 Å². The lowest BCUT2D eigenvalue weighted by Crippen LogP contribution is -2.44. The summed E-state index contributed by atoms with van der Waals surface area (Å²) in [6.45, 7) is 2.14. The summed E-state index contributed by atoms with van der Waals surface area (Å²) in [6.07, 6.45) is 6.10. The number of hydrogen-bond donors (Lipinski definition) is 2. The number of hydrogen-bond acceptors (Lipinski definition) is 7. The van der Waals surface area contributed by atoms with Gasteiger partial charge in [-0.3, -0.25) is 20.0 Å². The second-order valence-electron chi connectivity index (χ2n) is 6.01. The Bertz CT molecular complexity index is 965. The van der Waals surface area contributed by atoms with Gasteiger partial charge in [0.2, 0.25) is 12.2 Å². The molecule has 0 aliphatic carbocycles. The fourth-order valence-electron chi connectivity index (χ4n) is 2.87. The fraction of sp³-hybridized carbons (Fsp3) is 0.235. The van der Waals surface area contributed by atoms with Crippen LogP contribution in [0.2, 0.25) is 0 Å². The summed E-state index contributed by atoms with van der Waals surface area (Å²) >= 11 is 0. The number of anilines is 1. The normalized spacial score (nSPS) is 17.2. The molecule has 0 fully saturated rings. The highest BCUT2D eigenvalue weighted by molar-refractivity contribution is 5.93. The number of pyridine rings is 2. The van der Waals surface area contributed by atoms with Crippen molar-refractivity contribution in [1.82, 2.24) is 20.3 Å². The van der Waals surface area contributed by atoms with Crippen molar-refractivity contribution in [3.05, 3.63) is 58.3 Å². The van der Waals surface area contributed by atoms with Crippen molar-refractivity contribution in [3.8, 4) is 0 Å². The van der Waals surface area contributed by atoms with Crippen LogP contribution in [0.5, 0.6) is 0 Å². The van der Waals surface area contributed by atoms with E-state index < -0.39 is 0 Å². The molecule has 1 amide bonds. The van der Waals surface area contributed by atoms with Gasteiger partial charge < -0.3 is 9.88 Å². The van der Waals surface area contributed by atoms with Gasteiger partial charge in [-0.05, 0) is 24.6 Å². The van der Waals surface area contributed by atoms with Crippen molar-refractivity contribution in [1.29, 1.82) is 0 Å². The predicted octanol–water partition coefficient (Wildman–Crippen LogP) is 0.0188. The minimum atomic E-state index is -0.388. The second-order valence-corrected chi connectivity index (χ2v) is 6.01. The highest BCUT2D eigenvalue weighted by Crippen LogP contribution is 2.24. The zero-order valence-electron chi connectivity index (χ0n) is 14.1. The van der Waals surface area contributed by atoms with E-state index in [9.17, 15) is 9.59 Å². The van der Waals surface area contributed by atoms with E-state index >= 15 is 0 Å². The standard InChI is InChI=1S/C17H17N7O2/c1-11-21-17-20-9-13-14(24(17)22-11)4-6-23(16(13)26)10-15(25)19-8-12-3-2-5-18-7-12/h2-7,9,17H,8,10H2,1H3,(H,19,25)(H,21,22). The zero-order chi connectivity index (χ0) is 18.1. The van der Waals surface area contributed by atoms with E-state index in [1.54, 1.807) is 35.7 Å². The van der Waals surface area contributed by atoms with Crippen LogP contribution in [-0.2, 0) is 17.9 Å². The quantitative estimate of drug-likeness (QED) is 0.808. The molecular weight excluding hydrogens is 334 g/mol. The Labute approximate surface area is 149 Å². The molecule has 2 aromatic rings. The largest absolute Gasteiger partial charge is 0.350 e. The monoisotopic (exact) mass is 351 g/mol. The van der Waals surface area contributed by atoms with E-state index in [0.29, 0.717) is 17.8 Å². The molecule has 2 N–H and O–H groups in total. The maximum absolute atomic E-state index is 12.7. The molecule has 2 aliphatic rings. The summed E-state index contributed by atoms with van der Waals surface area (Å²) < 4.78 is 1.37. The number of carbonyl (C=O) groups is 1. The average Bonchev–Trinajstić information content (AvgIpc) is 3.04. The lowest BCUT2D eigenvalue weighted by Gasteiger charge is -2.27. The molecule has 0 saturated carbocycles. The van der Waals surface area contributed by atoms with Crippen molar-refractivity contribution in [2.75, 3.05) is 5.01 Å². The Morgan fingerprint density at radius 2 is 2.27 bits per heavy atom. The van der Waals surface area contributed by atoms with Crippen LogP contribution in [0, 0.1) is 0 Å². The van der Waals surface area contributed by atoms with E-state index in [4.69, 9.17) is 0 Å². The van der Waals surface area contributed by atoms with Crippen molar-refractivity contribution in [3.63, 3.8) is 0 Å². The molecule has 9 nitrogen and oxygen atoms in total. The van der Waals surface area contributed by atoms with Gasteiger partial charge in [0.05, 0.1) is 11.3 Å². The van der Waals surface area contributed by atoms with Crippen molar-refractivity contribution in [2.45, 2.75) is 26.3 Å². The van der Waals surface area contributed by atoms with E-state index in [1.165, 1.54) is 10.8 Å². The number of aliphatic imine (C=N–C) groups is 2. The number of fused-ring (bicyclic) bond motifs is 3. The molecular formula is C17H17N7O2. The number of carbonyl (C=O) groups excluding carboxylic acids is 1. The smallest absolute Gasteiger partial charge is 0.262 e. The molecule has 0 radical (unpaired) electrons. The number of nitrogens with one attached hydrogen (secondary N) is 2. The molecule has 9 heteroatoms. The van der Waals surface area contributed by atoms with Crippen LogP contribution < -0.4 is 21.3 Å². The van der Waals surface area contributed by atoms with Crippen LogP contribution in [0.1, 0.15) is 18.1 Å². The number of aromatic nitrogens is 2. The lowest BCUT2D eigenvalue weighted by molar-refractivity contribution is -0.121. The zero-order valence-corrected chi connectivity index (χ0v) is 14.1. The molecule has 4 rings (SSSR count). The molecule has 26 heavy (non-hydrogen) atoms. The highest BCUT2D eigenvalue weighted by atomic mass is 16.2. The Morgan fingerprint density at radius 1 is 1.38 bits per heavy atom. The van der Waals surface area contributed by atoms with Crippen molar-refractivity contribution >= 4 is 23.6 Å². The van der Waals surface area contributed by atoms with Crippen molar-refractivity contribution in [2.24, 2.45) is 9.98 Å². The van der Waals surface area contributed by atoms with Crippen molar-refractivity contribution < 1.29 is 4.79 Å². The van der Waals surface area contributed by atoms with Crippen LogP contribution in [0.15, 0.2) is 51.6 Å². The molecule has 4 heterocycles. The number of amides is 1. The lowest BCUT2D eigenvalue weighted by atomic mass is 10.2. The molecule has 2 aromatic heterocycles. The van der Waals surface area contributed by atoms with Gasteiger partial charge in [0.1, 0.15) is 12.4 Å². The molecule has 1 unspecified atom stereocenters. The first-order valence-electron chi connectivity index (χ1n) is 8.14. The third-order valence-corrected chi connectivity index (χ3v) is 4.12. The number of amidine groups is 1. The minimum Gasteiger partial charge on any atom is -0.350 e. The third kappa shape index (κ3) is 2.94. The van der Waals surface area contributed by atoms with Gasteiger partial charge >= 0.3 is 0 Å². The first kappa shape index (κ1) is 16.0. The fourth-order valence-corrected chi connectivity index (χ4v) is 2.87. The van der Waals surface area contributed by atoms with Crippen LogP contribution in [-0.4, -0.2) is 33.8 Å². The minimum absolute atomic E-state index is 0.0629. The Hall–Kier alpha value is -3.49. The Kier molecular flexibility index (Phi) is 3.96. The van der Waals surface area contributed by atoms with E-state index in [0.717, 1.165) is 11.4 Å². The average molecular weight is 351 g/mol. The van der Waals surface area contributed by atoms with Crippen LogP contribution >= 0.6 is 0 Å². The molecule has 0 bridgehead atoms. The summed E-state index contributed by atoms with van der Waals surface area (Å²) in [5.41, 5.74) is 4.83. The van der Waals surface area contributed by atoms with Gasteiger partial charge in [-0.25, -0.2) is 15.0 Å². The molecule has 132 valence electrons.